The summed E-state index contributed by atoms with van der Waals surface area (Å²) in [5.74, 6) is -0.178. The third-order valence-corrected chi connectivity index (χ3v) is 3.81. The minimum atomic E-state index is -0.781. The van der Waals surface area contributed by atoms with Gasteiger partial charge in [-0.15, -0.1) is 0 Å². The lowest BCUT2D eigenvalue weighted by molar-refractivity contribution is -0.137. The highest BCUT2D eigenvalue weighted by atomic mass is 16.5. The van der Waals surface area contributed by atoms with E-state index in [2.05, 4.69) is 0 Å². The van der Waals surface area contributed by atoms with Gasteiger partial charge in [0, 0.05) is 5.41 Å². The molecule has 0 radical (unpaired) electrons. The molecule has 98 valence electrons. The number of phenols is 1. The fourth-order valence-electron chi connectivity index (χ4n) is 2.65. The number of methoxy groups -OCH3 is 1. The molecule has 0 aliphatic heterocycles. The van der Waals surface area contributed by atoms with Gasteiger partial charge in [-0.25, -0.2) is 0 Å². The third kappa shape index (κ3) is 1.92. The molecule has 18 heavy (non-hydrogen) atoms. The standard InChI is InChI=1S/C14H18O4/c1-8-6-10(9(2)13(18-3)12(8)17)14(4-5-14)7-11(15)16/h6,17H,4-5,7H2,1-3H3,(H,15,16). The van der Waals surface area contributed by atoms with E-state index in [0.717, 1.165) is 29.5 Å². The van der Waals surface area contributed by atoms with Crippen LogP contribution in [0.2, 0.25) is 0 Å². The van der Waals surface area contributed by atoms with Crippen LogP contribution in [0.1, 0.15) is 36.0 Å². The Hall–Kier alpha value is -1.71. The van der Waals surface area contributed by atoms with Gasteiger partial charge in [-0.2, -0.15) is 0 Å². The molecular formula is C14H18O4. The number of ether oxygens (including phenoxy) is 1. The van der Waals surface area contributed by atoms with Crippen molar-refractivity contribution in [3.8, 4) is 11.5 Å². The summed E-state index contributed by atoms with van der Waals surface area (Å²) in [5.41, 5.74) is 2.31. The highest BCUT2D eigenvalue weighted by Crippen LogP contribution is 2.54. The first kappa shape index (κ1) is 12.7. The van der Waals surface area contributed by atoms with E-state index in [-0.39, 0.29) is 17.6 Å². The highest BCUT2D eigenvalue weighted by Gasteiger charge is 2.47. The molecule has 2 N–H and O–H groups in total. The van der Waals surface area contributed by atoms with E-state index in [1.807, 2.05) is 13.0 Å². The normalized spacial score (nSPS) is 16.4. The third-order valence-electron chi connectivity index (χ3n) is 3.81. The van der Waals surface area contributed by atoms with Gasteiger partial charge in [-0.3, -0.25) is 4.79 Å². The Morgan fingerprint density at radius 1 is 1.44 bits per heavy atom. The number of hydrogen-bond acceptors (Lipinski definition) is 3. The van der Waals surface area contributed by atoms with Gasteiger partial charge in [0.05, 0.1) is 13.5 Å². The second-order valence-corrected chi connectivity index (χ2v) is 5.10. The van der Waals surface area contributed by atoms with E-state index in [9.17, 15) is 9.90 Å². The van der Waals surface area contributed by atoms with Crippen LogP contribution in [0, 0.1) is 13.8 Å². The number of rotatable bonds is 4. The molecule has 0 unspecified atom stereocenters. The molecule has 1 fully saturated rings. The quantitative estimate of drug-likeness (QED) is 0.861. The largest absolute Gasteiger partial charge is 0.504 e. The molecule has 0 heterocycles. The number of carboxylic acids is 1. The molecular weight excluding hydrogens is 232 g/mol. The Morgan fingerprint density at radius 3 is 2.50 bits per heavy atom. The Morgan fingerprint density at radius 2 is 2.06 bits per heavy atom. The summed E-state index contributed by atoms with van der Waals surface area (Å²) in [5, 5.41) is 18.9. The van der Waals surface area contributed by atoms with E-state index in [0.29, 0.717) is 5.75 Å². The molecule has 0 atom stereocenters. The van der Waals surface area contributed by atoms with Crippen LogP contribution in [-0.2, 0) is 10.2 Å². The highest BCUT2D eigenvalue weighted by molar-refractivity contribution is 5.71. The lowest BCUT2D eigenvalue weighted by atomic mass is 9.87. The zero-order valence-electron chi connectivity index (χ0n) is 10.9. The van der Waals surface area contributed by atoms with Gasteiger partial charge < -0.3 is 14.9 Å². The minimum absolute atomic E-state index is 0.140. The number of aromatic hydroxyl groups is 1. The van der Waals surface area contributed by atoms with Crippen molar-refractivity contribution < 1.29 is 19.7 Å². The molecule has 0 spiro atoms. The molecule has 1 aliphatic rings. The van der Waals surface area contributed by atoms with Crippen molar-refractivity contribution in [2.45, 2.75) is 38.5 Å². The van der Waals surface area contributed by atoms with Crippen molar-refractivity contribution >= 4 is 5.97 Å². The Bertz CT molecular complexity index is 501. The van der Waals surface area contributed by atoms with E-state index in [4.69, 9.17) is 9.84 Å². The molecule has 1 aromatic rings. The van der Waals surface area contributed by atoms with Crippen LogP contribution >= 0.6 is 0 Å². The maximum atomic E-state index is 11.0. The number of carboxylic acid groups (broad SMARTS) is 1. The van der Waals surface area contributed by atoms with Crippen LogP contribution in [0.5, 0.6) is 11.5 Å². The molecule has 4 nitrogen and oxygen atoms in total. The molecule has 1 saturated carbocycles. The SMILES string of the molecule is COc1c(C)c(C2(CC(=O)O)CC2)cc(C)c1O. The first-order chi connectivity index (χ1) is 8.41. The maximum absolute atomic E-state index is 11.0. The maximum Gasteiger partial charge on any atom is 0.304 e. The molecule has 0 bridgehead atoms. The number of aliphatic carboxylic acids is 1. The van der Waals surface area contributed by atoms with Gasteiger partial charge in [-0.05, 0) is 43.4 Å². The van der Waals surface area contributed by atoms with Gasteiger partial charge in [0.25, 0.3) is 0 Å². The van der Waals surface area contributed by atoms with E-state index in [1.165, 1.54) is 7.11 Å². The van der Waals surface area contributed by atoms with Gasteiger partial charge in [0.2, 0.25) is 0 Å². The van der Waals surface area contributed by atoms with Gasteiger partial charge >= 0.3 is 5.97 Å². The summed E-state index contributed by atoms with van der Waals surface area (Å²) in [7, 11) is 1.52. The van der Waals surface area contributed by atoms with Crippen molar-refractivity contribution in [2.75, 3.05) is 7.11 Å². The second-order valence-electron chi connectivity index (χ2n) is 5.10. The van der Waals surface area contributed by atoms with Crippen LogP contribution in [0.4, 0.5) is 0 Å². The minimum Gasteiger partial charge on any atom is -0.504 e. The van der Waals surface area contributed by atoms with Crippen molar-refractivity contribution in [3.05, 3.63) is 22.8 Å². The summed E-state index contributed by atoms with van der Waals surface area (Å²) in [6.45, 7) is 3.67. The average molecular weight is 250 g/mol. The van der Waals surface area contributed by atoms with Crippen molar-refractivity contribution in [1.82, 2.24) is 0 Å². The summed E-state index contributed by atoms with van der Waals surface area (Å²) < 4.78 is 5.23. The fraction of sp³-hybridized carbons (Fsp3) is 0.500. The molecule has 0 saturated heterocycles. The van der Waals surface area contributed by atoms with Gasteiger partial charge in [0.1, 0.15) is 0 Å². The summed E-state index contributed by atoms with van der Waals surface area (Å²) in [4.78, 5) is 11.0. The Kier molecular flexibility index (Phi) is 2.97. The van der Waals surface area contributed by atoms with Crippen LogP contribution in [-0.4, -0.2) is 23.3 Å². The molecule has 1 aromatic carbocycles. The number of phenolic OH excluding ortho intramolecular Hbond substituents is 1. The van der Waals surface area contributed by atoms with Crippen LogP contribution in [0.25, 0.3) is 0 Å². The van der Waals surface area contributed by atoms with Crippen molar-refractivity contribution in [3.63, 3.8) is 0 Å². The summed E-state index contributed by atoms with van der Waals surface area (Å²) in [6, 6.07) is 1.89. The first-order valence-electron chi connectivity index (χ1n) is 6.01. The fourth-order valence-corrected chi connectivity index (χ4v) is 2.65. The average Bonchev–Trinajstić information content (AvgIpc) is 3.04. The Labute approximate surface area is 106 Å². The molecule has 0 amide bonds. The van der Waals surface area contributed by atoms with Crippen LogP contribution in [0.15, 0.2) is 6.07 Å². The second kappa shape index (κ2) is 4.19. The zero-order chi connectivity index (χ0) is 13.5. The van der Waals surface area contributed by atoms with Crippen LogP contribution in [0.3, 0.4) is 0 Å². The monoisotopic (exact) mass is 250 g/mol. The number of carbonyl (C=O) groups is 1. The smallest absolute Gasteiger partial charge is 0.304 e. The first-order valence-corrected chi connectivity index (χ1v) is 6.01. The zero-order valence-corrected chi connectivity index (χ0v) is 10.9. The molecule has 4 heteroatoms. The Balaban J connectivity index is 2.52. The molecule has 1 aliphatic carbocycles. The number of hydrogen-bond donors (Lipinski definition) is 2. The van der Waals surface area contributed by atoms with Crippen LogP contribution < -0.4 is 4.74 Å². The molecule has 2 rings (SSSR count). The lowest BCUT2D eigenvalue weighted by Crippen LogP contribution is -2.15. The predicted molar refractivity (Wildman–Crippen MR) is 67.3 cm³/mol. The van der Waals surface area contributed by atoms with Gasteiger partial charge in [-0.1, -0.05) is 6.07 Å². The molecule has 0 aromatic heterocycles. The van der Waals surface area contributed by atoms with Crippen molar-refractivity contribution in [1.29, 1.82) is 0 Å². The summed E-state index contributed by atoms with van der Waals surface area (Å²) in [6.07, 6.45) is 1.90. The predicted octanol–water partition coefficient (Wildman–Crippen LogP) is 2.52. The van der Waals surface area contributed by atoms with E-state index < -0.39 is 5.97 Å². The number of benzene rings is 1. The van der Waals surface area contributed by atoms with Gasteiger partial charge in [0.15, 0.2) is 11.5 Å². The van der Waals surface area contributed by atoms with E-state index >= 15 is 0 Å². The lowest BCUT2D eigenvalue weighted by Gasteiger charge is -2.20. The summed E-state index contributed by atoms with van der Waals surface area (Å²) >= 11 is 0. The topological polar surface area (TPSA) is 66.8 Å². The van der Waals surface area contributed by atoms with E-state index in [1.54, 1.807) is 6.92 Å². The number of aryl methyl sites for hydroxylation is 1. The van der Waals surface area contributed by atoms with Crippen molar-refractivity contribution in [2.24, 2.45) is 0 Å².